The van der Waals surface area contributed by atoms with E-state index in [-0.39, 0.29) is 25.0 Å². The molecular formula is C27H23NO3. The number of nitrogens with zero attached hydrogens (tertiary/aromatic N) is 1. The number of likely N-dealkylation sites (tertiary alicyclic amines) is 1. The lowest BCUT2D eigenvalue weighted by Gasteiger charge is -2.58. The molecule has 2 atom stereocenters. The maximum atomic E-state index is 13.9. The van der Waals surface area contributed by atoms with Gasteiger partial charge in [-0.15, -0.1) is 6.58 Å². The topological polar surface area (TPSA) is 46.6 Å². The quantitative estimate of drug-likeness (QED) is 0.200. The first-order chi connectivity index (χ1) is 15.2. The van der Waals surface area contributed by atoms with Gasteiger partial charge in [-0.25, -0.2) is 0 Å². The van der Waals surface area contributed by atoms with Crippen molar-refractivity contribution in [2.24, 2.45) is 5.41 Å². The summed E-state index contributed by atoms with van der Waals surface area (Å²) in [6.07, 6.45) is 1.92. The molecule has 0 radical (unpaired) electrons. The van der Waals surface area contributed by atoms with Gasteiger partial charge < -0.3 is 9.64 Å². The lowest BCUT2D eigenvalue weighted by atomic mass is 9.63. The number of carbonyl (C=O) groups excluding carboxylic acids is 2. The molecule has 2 saturated heterocycles. The first-order valence-electron chi connectivity index (χ1n) is 10.5. The monoisotopic (exact) mass is 409 g/mol. The minimum absolute atomic E-state index is 0.187. The largest absolute Gasteiger partial charge is 0.463 e. The summed E-state index contributed by atoms with van der Waals surface area (Å²) in [6, 6.07) is 29.6. The predicted molar refractivity (Wildman–Crippen MR) is 118 cm³/mol. The van der Waals surface area contributed by atoms with E-state index in [1.54, 1.807) is 6.08 Å². The van der Waals surface area contributed by atoms with Crippen LogP contribution in [0.15, 0.2) is 104 Å². The first-order valence-corrected chi connectivity index (χ1v) is 10.5. The van der Waals surface area contributed by atoms with Gasteiger partial charge >= 0.3 is 5.97 Å². The number of β-lactam (4-membered cyclic amide) rings is 1. The summed E-state index contributed by atoms with van der Waals surface area (Å²) in [5, 5.41) is 0. The molecule has 0 bridgehead atoms. The van der Waals surface area contributed by atoms with Crippen LogP contribution in [-0.2, 0) is 19.9 Å². The number of cyclic esters (lactones) is 1. The molecule has 2 heterocycles. The Hall–Kier alpha value is -3.66. The zero-order chi connectivity index (χ0) is 21.5. The average molecular weight is 409 g/mol. The first kappa shape index (κ1) is 19.3. The molecule has 4 heteroatoms. The Morgan fingerprint density at radius 1 is 0.871 bits per heavy atom. The Kier molecular flexibility index (Phi) is 4.51. The van der Waals surface area contributed by atoms with Crippen LogP contribution in [0, 0.1) is 5.41 Å². The van der Waals surface area contributed by atoms with E-state index in [1.807, 2.05) is 95.9 Å². The molecule has 3 aromatic rings. The molecule has 0 N–H and O–H groups in total. The number of rotatable bonds is 6. The van der Waals surface area contributed by atoms with E-state index in [4.69, 9.17) is 4.74 Å². The van der Waals surface area contributed by atoms with Gasteiger partial charge in [0.1, 0.15) is 12.1 Å². The van der Waals surface area contributed by atoms with Gasteiger partial charge in [-0.3, -0.25) is 9.59 Å². The fourth-order valence-electron chi connectivity index (χ4n) is 5.25. The van der Waals surface area contributed by atoms with Crippen molar-refractivity contribution in [2.45, 2.75) is 18.0 Å². The van der Waals surface area contributed by atoms with Crippen molar-refractivity contribution in [3.05, 3.63) is 120 Å². The highest BCUT2D eigenvalue weighted by Crippen LogP contribution is 2.57. The van der Waals surface area contributed by atoms with Crippen LogP contribution in [0.5, 0.6) is 0 Å². The van der Waals surface area contributed by atoms with Crippen LogP contribution in [-0.4, -0.2) is 29.4 Å². The number of allylic oxidation sites excluding steroid dienone is 1. The molecule has 0 saturated carbocycles. The summed E-state index contributed by atoms with van der Waals surface area (Å²) in [4.78, 5) is 28.5. The Labute approximate surface area is 181 Å². The standard InChI is InChI=1S/C27H23NO3/c1-2-18-26-23(19-31-25(26)30)28(24(26)29)27(20-12-6-3-7-13-20,21-14-8-4-9-15-21)22-16-10-5-11-17-22/h2-17,23H,1,18-19H2/t23-,26+/m0/s1. The van der Waals surface area contributed by atoms with Gasteiger partial charge in [-0.05, 0) is 23.1 Å². The van der Waals surface area contributed by atoms with Crippen molar-refractivity contribution in [2.75, 3.05) is 6.61 Å². The number of amides is 1. The van der Waals surface area contributed by atoms with E-state index in [1.165, 1.54) is 0 Å². The highest BCUT2D eigenvalue weighted by atomic mass is 16.5. The maximum absolute atomic E-state index is 13.9. The SMILES string of the molecule is C=CC[C@@]12C(=O)OC[C@@H]1N(C(c1ccccc1)(c1ccccc1)c1ccccc1)C2=O. The van der Waals surface area contributed by atoms with Gasteiger partial charge in [0, 0.05) is 0 Å². The molecule has 154 valence electrons. The summed E-state index contributed by atoms with van der Waals surface area (Å²) in [6.45, 7) is 3.98. The summed E-state index contributed by atoms with van der Waals surface area (Å²) >= 11 is 0. The normalized spacial score (nSPS) is 22.5. The predicted octanol–water partition coefficient (Wildman–Crippen LogP) is 4.31. The summed E-state index contributed by atoms with van der Waals surface area (Å²) in [7, 11) is 0. The summed E-state index contributed by atoms with van der Waals surface area (Å²) < 4.78 is 5.45. The van der Waals surface area contributed by atoms with Gasteiger partial charge in [-0.1, -0.05) is 97.1 Å². The molecular weight excluding hydrogens is 386 g/mol. The molecule has 4 nitrogen and oxygen atoms in total. The lowest BCUT2D eigenvalue weighted by Crippen LogP contribution is -2.75. The van der Waals surface area contributed by atoms with Crippen molar-refractivity contribution in [1.82, 2.24) is 4.90 Å². The average Bonchev–Trinajstić information content (AvgIpc) is 3.11. The molecule has 0 spiro atoms. The second kappa shape index (κ2) is 7.24. The van der Waals surface area contributed by atoms with Crippen LogP contribution < -0.4 is 0 Å². The highest BCUT2D eigenvalue weighted by Gasteiger charge is 2.73. The second-order valence-corrected chi connectivity index (χ2v) is 8.06. The van der Waals surface area contributed by atoms with Gasteiger partial charge in [0.05, 0.1) is 6.04 Å². The number of esters is 1. The third kappa shape index (κ3) is 2.48. The molecule has 1 amide bonds. The Balaban J connectivity index is 1.81. The minimum Gasteiger partial charge on any atom is -0.463 e. The van der Waals surface area contributed by atoms with E-state index in [0.29, 0.717) is 0 Å². The summed E-state index contributed by atoms with van der Waals surface area (Å²) in [5.74, 6) is -0.654. The van der Waals surface area contributed by atoms with Crippen LogP contribution in [0.25, 0.3) is 0 Å². The van der Waals surface area contributed by atoms with Crippen LogP contribution >= 0.6 is 0 Å². The van der Waals surface area contributed by atoms with Gasteiger partial charge in [0.2, 0.25) is 5.91 Å². The van der Waals surface area contributed by atoms with Gasteiger partial charge in [0.15, 0.2) is 5.41 Å². The maximum Gasteiger partial charge on any atom is 0.324 e. The molecule has 0 aromatic heterocycles. The number of hydrogen-bond donors (Lipinski definition) is 0. The smallest absolute Gasteiger partial charge is 0.324 e. The number of ether oxygens (including phenoxy) is 1. The van der Waals surface area contributed by atoms with E-state index in [9.17, 15) is 9.59 Å². The molecule has 0 aliphatic carbocycles. The van der Waals surface area contributed by atoms with Crippen molar-refractivity contribution >= 4 is 11.9 Å². The fraction of sp³-hybridized carbons (Fsp3) is 0.185. The number of fused-ring (bicyclic) bond motifs is 1. The van der Waals surface area contributed by atoms with Crippen LogP contribution in [0.2, 0.25) is 0 Å². The molecule has 5 rings (SSSR count). The molecule has 31 heavy (non-hydrogen) atoms. The third-order valence-corrected chi connectivity index (χ3v) is 6.62. The van der Waals surface area contributed by atoms with Crippen LogP contribution in [0.1, 0.15) is 23.1 Å². The zero-order valence-corrected chi connectivity index (χ0v) is 17.1. The van der Waals surface area contributed by atoms with Crippen LogP contribution in [0.4, 0.5) is 0 Å². The van der Waals surface area contributed by atoms with Crippen molar-refractivity contribution < 1.29 is 14.3 Å². The number of benzene rings is 3. The van der Waals surface area contributed by atoms with Crippen LogP contribution in [0.3, 0.4) is 0 Å². The molecule has 3 aromatic carbocycles. The molecule has 2 aliphatic rings. The van der Waals surface area contributed by atoms with E-state index < -0.39 is 16.9 Å². The zero-order valence-electron chi connectivity index (χ0n) is 17.1. The van der Waals surface area contributed by atoms with E-state index in [2.05, 4.69) is 6.58 Å². The Morgan fingerprint density at radius 3 is 1.74 bits per heavy atom. The Bertz CT molecular complexity index is 1030. The third-order valence-electron chi connectivity index (χ3n) is 6.62. The highest BCUT2D eigenvalue weighted by molar-refractivity contribution is 6.11. The van der Waals surface area contributed by atoms with Crippen molar-refractivity contribution in [1.29, 1.82) is 0 Å². The molecule has 2 aliphatic heterocycles. The van der Waals surface area contributed by atoms with Crippen molar-refractivity contribution in [3.63, 3.8) is 0 Å². The number of carbonyl (C=O) groups is 2. The van der Waals surface area contributed by atoms with E-state index >= 15 is 0 Å². The van der Waals surface area contributed by atoms with Gasteiger partial charge in [0.25, 0.3) is 0 Å². The number of hydrogen-bond acceptors (Lipinski definition) is 3. The Morgan fingerprint density at radius 2 is 1.32 bits per heavy atom. The van der Waals surface area contributed by atoms with Gasteiger partial charge in [-0.2, -0.15) is 0 Å². The summed E-state index contributed by atoms with van der Waals surface area (Å²) in [5.41, 5.74) is 0.835. The molecule has 2 fully saturated rings. The molecule has 0 unspecified atom stereocenters. The van der Waals surface area contributed by atoms with Crippen molar-refractivity contribution in [3.8, 4) is 0 Å². The second-order valence-electron chi connectivity index (χ2n) is 8.06. The fourth-order valence-corrected chi connectivity index (χ4v) is 5.25. The van der Waals surface area contributed by atoms with E-state index in [0.717, 1.165) is 16.7 Å². The lowest BCUT2D eigenvalue weighted by molar-refractivity contribution is -0.180. The minimum atomic E-state index is -1.18.